The molecule has 0 aliphatic rings. The summed E-state index contributed by atoms with van der Waals surface area (Å²) < 4.78 is 1.50. The number of hydrogen-bond acceptors (Lipinski definition) is 3. The van der Waals surface area contributed by atoms with E-state index in [1.165, 1.54) is 17.3 Å². The molecule has 1 amide bonds. The molecule has 1 aromatic carbocycles. The van der Waals surface area contributed by atoms with Crippen LogP contribution >= 0.6 is 11.6 Å². The molecular formula is C15H15ClN4O. The second-order valence-electron chi connectivity index (χ2n) is 4.45. The highest BCUT2D eigenvalue weighted by molar-refractivity contribution is 6.30. The fraction of sp³-hybridized carbons (Fsp3) is 0.267. The van der Waals surface area contributed by atoms with E-state index >= 15 is 0 Å². The first kappa shape index (κ1) is 15.1. The molecule has 2 unspecified atom stereocenters. The van der Waals surface area contributed by atoms with E-state index in [0.29, 0.717) is 5.02 Å². The number of halogens is 1. The second kappa shape index (κ2) is 6.91. The first-order valence-electron chi connectivity index (χ1n) is 6.44. The molecule has 0 saturated carbocycles. The number of aromatic nitrogens is 3. The molecular weight excluding hydrogens is 288 g/mol. The molecule has 1 aromatic heterocycles. The van der Waals surface area contributed by atoms with E-state index in [-0.39, 0.29) is 11.9 Å². The van der Waals surface area contributed by atoms with Gasteiger partial charge in [-0.25, -0.2) is 9.67 Å². The van der Waals surface area contributed by atoms with Gasteiger partial charge in [0.15, 0.2) is 6.04 Å². The van der Waals surface area contributed by atoms with Crippen molar-refractivity contribution in [2.24, 2.45) is 0 Å². The van der Waals surface area contributed by atoms with E-state index in [1.807, 2.05) is 6.92 Å². The van der Waals surface area contributed by atoms with Gasteiger partial charge in [0.1, 0.15) is 12.7 Å². The Kier molecular flexibility index (Phi) is 4.96. The third-order valence-electron chi connectivity index (χ3n) is 2.85. The van der Waals surface area contributed by atoms with Crippen molar-refractivity contribution in [1.29, 1.82) is 0 Å². The highest BCUT2D eigenvalue weighted by Gasteiger charge is 2.24. The Bertz CT molecular complexity index is 655. The van der Waals surface area contributed by atoms with Gasteiger partial charge in [-0.2, -0.15) is 5.10 Å². The van der Waals surface area contributed by atoms with Crippen molar-refractivity contribution in [3.8, 4) is 11.8 Å². The normalized spacial score (nSPS) is 12.9. The minimum absolute atomic E-state index is 0.196. The predicted molar refractivity (Wildman–Crippen MR) is 80.7 cm³/mol. The molecule has 0 saturated heterocycles. The van der Waals surface area contributed by atoms with Crippen molar-refractivity contribution in [3.05, 3.63) is 47.5 Å². The number of hydrogen-bond donors (Lipinski definition) is 1. The molecule has 2 aromatic rings. The highest BCUT2D eigenvalue weighted by atomic mass is 35.5. The minimum Gasteiger partial charge on any atom is -0.341 e. The van der Waals surface area contributed by atoms with E-state index < -0.39 is 6.04 Å². The molecule has 0 aliphatic carbocycles. The average molecular weight is 303 g/mol. The van der Waals surface area contributed by atoms with Crippen LogP contribution in [0.4, 0.5) is 0 Å². The fourth-order valence-corrected chi connectivity index (χ4v) is 2.09. The van der Waals surface area contributed by atoms with E-state index in [0.717, 1.165) is 5.56 Å². The SMILES string of the molecule is CC#CC(C)NC(=O)C(c1ccc(Cl)cc1)n1cncn1. The first-order chi connectivity index (χ1) is 10.1. The zero-order valence-electron chi connectivity index (χ0n) is 11.7. The van der Waals surface area contributed by atoms with Gasteiger partial charge in [-0.05, 0) is 31.5 Å². The molecule has 2 rings (SSSR count). The van der Waals surface area contributed by atoms with Crippen LogP contribution in [-0.2, 0) is 4.79 Å². The van der Waals surface area contributed by atoms with E-state index in [9.17, 15) is 4.79 Å². The van der Waals surface area contributed by atoms with Crippen LogP contribution in [0.3, 0.4) is 0 Å². The zero-order chi connectivity index (χ0) is 15.2. The van der Waals surface area contributed by atoms with Crippen molar-refractivity contribution in [2.45, 2.75) is 25.9 Å². The summed E-state index contributed by atoms with van der Waals surface area (Å²) in [6.45, 7) is 3.56. The van der Waals surface area contributed by atoms with Crippen LogP contribution in [-0.4, -0.2) is 26.7 Å². The van der Waals surface area contributed by atoms with Crippen molar-refractivity contribution in [1.82, 2.24) is 20.1 Å². The maximum absolute atomic E-state index is 12.5. The average Bonchev–Trinajstić information content (AvgIpc) is 2.95. The van der Waals surface area contributed by atoms with Crippen molar-refractivity contribution in [3.63, 3.8) is 0 Å². The number of carbonyl (C=O) groups is 1. The van der Waals surface area contributed by atoms with Crippen LogP contribution in [0.15, 0.2) is 36.9 Å². The lowest BCUT2D eigenvalue weighted by molar-refractivity contribution is -0.123. The Morgan fingerprint density at radius 3 is 2.67 bits per heavy atom. The molecule has 0 spiro atoms. The van der Waals surface area contributed by atoms with E-state index in [2.05, 4.69) is 27.2 Å². The number of amides is 1. The largest absolute Gasteiger partial charge is 0.341 e. The maximum Gasteiger partial charge on any atom is 0.250 e. The summed E-state index contributed by atoms with van der Waals surface area (Å²) in [5, 5.41) is 7.53. The van der Waals surface area contributed by atoms with E-state index in [4.69, 9.17) is 11.6 Å². The number of rotatable bonds is 4. The van der Waals surface area contributed by atoms with Gasteiger partial charge in [-0.1, -0.05) is 29.7 Å². The molecule has 108 valence electrons. The van der Waals surface area contributed by atoms with Crippen molar-refractivity contribution < 1.29 is 4.79 Å². The topological polar surface area (TPSA) is 59.8 Å². The maximum atomic E-state index is 12.5. The molecule has 2 atom stereocenters. The second-order valence-corrected chi connectivity index (χ2v) is 4.89. The summed E-state index contributed by atoms with van der Waals surface area (Å²) in [5.41, 5.74) is 0.777. The minimum atomic E-state index is -0.606. The van der Waals surface area contributed by atoms with Crippen LogP contribution < -0.4 is 5.32 Å². The lowest BCUT2D eigenvalue weighted by Crippen LogP contribution is -2.38. The number of carbonyl (C=O) groups excluding carboxylic acids is 1. The Labute approximate surface area is 128 Å². The summed E-state index contributed by atoms with van der Waals surface area (Å²) in [7, 11) is 0. The van der Waals surface area contributed by atoms with Gasteiger partial charge in [0.05, 0.1) is 6.04 Å². The van der Waals surface area contributed by atoms with Gasteiger partial charge in [0, 0.05) is 5.02 Å². The smallest absolute Gasteiger partial charge is 0.250 e. The molecule has 0 radical (unpaired) electrons. The molecule has 21 heavy (non-hydrogen) atoms. The monoisotopic (exact) mass is 302 g/mol. The summed E-state index contributed by atoms with van der Waals surface area (Å²) >= 11 is 5.89. The molecule has 6 heteroatoms. The van der Waals surface area contributed by atoms with Crippen molar-refractivity contribution >= 4 is 17.5 Å². The molecule has 5 nitrogen and oxygen atoms in total. The highest BCUT2D eigenvalue weighted by Crippen LogP contribution is 2.20. The zero-order valence-corrected chi connectivity index (χ0v) is 12.5. The molecule has 0 bridgehead atoms. The van der Waals surface area contributed by atoms with Crippen LogP contribution in [0.2, 0.25) is 5.02 Å². The lowest BCUT2D eigenvalue weighted by atomic mass is 10.1. The van der Waals surface area contributed by atoms with Crippen LogP contribution in [0.1, 0.15) is 25.5 Å². The quantitative estimate of drug-likeness (QED) is 0.879. The summed E-state index contributed by atoms with van der Waals surface area (Å²) in [5.74, 6) is 5.47. The lowest BCUT2D eigenvalue weighted by Gasteiger charge is -2.18. The molecule has 0 fully saturated rings. The van der Waals surface area contributed by atoms with Gasteiger partial charge in [0.25, 0.3) is 0 Å². The van der Waals surface area contributed by atoms with Gasteiger partial charge < -0.3 is 5.32 Å². The summed E-state index contributed by atoms with van der Waals surface area (Å²) in [6.07, 6.45) is 2.90. The molecule has 1 N–H and O–H groups in total. The number of benzene rings is 1. The van der Waals surface area contributed by atoms with Crippen molar-refractivity contribution in [2.75, 3.05) is 0 Å². The van der Waals surface area contributed by atoms with Gasteiger partial charge in [0.2, 0.25) is 5.91 Å². The Morgan fingerprint density at radius 1 is 1.38 bits per heavy atom. The molecule has 0 aliphatic heterocycles. The fourth-order valence-electron chi connectivity index (χ4n) is 1.96. The van der Waals surface area contributed by atoms with Gasteiger partial charge in [-0.15, -0.1) is 5.92 Å². The summed E-state index contributed by atoms with van der Waals surface area (Å²) in [4.78, 5) is 16.4. The standard InChI is InChI=1S/C15H15ClN4O/c1-3-4-11(2)19-15(21)14(20-10-17-9-18-20)12-5-7-13(16)8-6-12/h5-11,14H,1-2H3,(H,19,21). The summed E-state index contributed by atoms with van der Waals surface area (Å²) in [6, 6.07) is 6.23. The Morgan fingerprint density at radius 2 is 2.10 bits per heavy atom. The predicted octanol–water partition coefficient (Wildman–Crippen LogP) is 2.05. The molecule has 1 heterocycles. The van der Waals surface area contributed by atoms with Crippen LogP contribution in [0, 0.1) is 11.8 Å². The van der Waals surface area contributed by atoms with Crippen LogP contribution in [0.5, 0.6) is 0 Å². The Hall–Kier alpha value is -2.32. The van der Waals surface area contributed by atoms with Gasteiger partial charge >= 0.3 is 0 Å². The van der Waals surface area contributed by atoms with Crippen LogP contribution in [0.25, 0.3) is 0 Å². The third kappa shape index (κ3) is 3.83. The number of nitrogens with zero attached hydrogens (tertiary/aromatic N) is 3. The van der Waals surface area contributed by atoms with E-state index in [1.54, 1.807) is 31.2 Å². The number of nitrogens with one attached hydrogen (secondary N) is 1. The van der Waals surface area contributed by atoms with Gasteiger partial charge in [-0.3, -0.25) is 4.79 Å². The Balaban J connectivity index is 2.30. The third-order valence-corrected chi connectivity index (χ3v) is 3.11. The first-order valence-corrected chi connectivity index (χ1v) is 6.82.